The Morgan fingerprint density at radius 2 is 1.83 bits per heavy atom. The van der Waals surface area contributed by atoms with E-state index in [9.17, 15) is 13.2 Å². The molecule has 0 radical (unpaired) electrons. The predicted molar refractivity (Wildman–Crippen MR) is 71.9 cm³/mol. The minimum absolute atomic E-state index is 0.573. The third kappa shape index (κ3) is 6.24. The number of carbonyl (C=O) groups is 1. The molecule has 0 unspecified atom stereocenters. The molecule has 6 heteroatoms. The molecule has 1 amide bonds. The number of amides is 1. The summed E-state index contributed by atoms with van der Waals surface area (Å²) in [7, 11) is -3.21. The predicted octanol–water partition coefficient (Wildman–Crippen LogP) is 1.13. The Morgan fingerprint density at radius 3 is 2.39 bits per heavy atom. The second kappa shape index (κ2) is 7.00. The van der Waals surface area contributed by atoms with Gasteiger partial charge in [-0.25, -0.2) is 8.42 Å². The van der Waals surface area contributed by atoms with E-state index in [0.717, 1.165) is 31.1 Å². The van der Waals surface area contributed by atoms with Crippen molar-refractivity contribution >= 4 is 22.1 Å². The normalized spacial score (nSPS) is 10.9. The maximum absolute atomic E-state index is 11.0. The second-order valence-corrected chi connectivity index (χ2v) is 5.85. The van der Waals surface area contributed by atoms with Crippen LogP contribution in [0.15, 0.2) is 24.3 Å². The number of hydrogen-bond donors (Lipinski definition) is 2. The molecular formula is C12H18N2O3S. The van der Waals surface area contributed by atoms with E-state index in [0.29, 0.717) is 18.6 Å². The van der Waals surface area contributed by atoms with Crippen molar-refractivity contribution in [2.45, 2.75) is 19.3 Å². The number of sulfonamides is 1. The van der Waals surface area contributed by atoms with Gasteiger partial charge in [-0.05, 0) is 37.0 Å². The SMILES string of the molecule is CS(=O)(=O)Nc1ccc(CCCCNC=O)cc1. The number of rotatable bonds is 8. The van der Waals surface area contributed by atoms with Crippen LogP contribution in [0.2, 0.25) is 0 Å². The van der Waals surface area contributed by atoms with Crippen LogP contribution >= 0.6 is 0 Å². The summed E-state index contributed by atoms with van der Waals surface area (Å²) in [4.78, 5) is 10.0. The summed E-state index contributed by atoms with van der Waals surface area (Å²) in [5.41, 5.74) is 1.73. The minimum atomic E-state index is -3.21. The molecular weight excluding hydrogens is 252 g/mol. The zero-order chi connectivity index (χ0) is 13.4. The number of unbranched alkanes of at least 4 members (excludes halogenated alkanes) is 1. The average Bonchev–Trinajstić information content (AvgIpc) is 2.29. The van der Waals surface area contributed by atoms with Crippen LogP contribution < -0.4 is 10.0 Å². The van der Waals surface area contributed by atoms with E-state index in [1.54, 1.807) is 12.1 Å². The highest BCUT2D eigenvalue weighted by molar-refractivity contribution is 7.92. The summed E-state index contributed by atoms with van der Waals surface area (Å²) in [5, 5.41) is 2.61. The Hall–Kier alpha value is -1.56. The van der Waals surface area contributed by atoms with Crippen LogP contribution in [0, 0.1) is 0 Å². The monoisotopic (exact) mass is 270 g/mol. The molecule has 0 aliphatic rings. The van der Waals surface area contributed by atoms with E-state index in [-0.39, 0.29) is 0 Å². The summed E-state index contributed by atoms with van der Waals surface area (Å²) in [6, 6.07) is 7.31. The van der Waals surface area contributed by atoms with Gasteiger partial charge in [0, 0.05) is 12.2 Å². The van der Waals surface area contributed by atoms with Gasteiger partial charge in [0.2, 0.25) is 16.4 Å². The number of carbonyl (C=O) groups excluding carboxylic acids is 1. The van der Waals surface area contributed by atoms with Gasteiger partial charge in [-0.1, -0.05) is 12.1 Å². The minimum Gasteiger partial charge on any atom is -0.359 e. The maximum Gasteiger partial charge on any atom is 0.229 e. The number of benzene rings is 1. The summed E-state index contributed by atoms with van der Waals surface area (Å²) in [6.07, 6.45) is 4.66. The fourth-order valence-electron chi connectivity index (χ4n) is 1.57. The van der Waals surface area contributed by atoms with Gasteiger partial charge in [0.15, 0.2) is 0 Å². The third-order valence-electron chi connectivity index (χ3n) is 2.38. The maximum atomic E-state index is 11.0. The topological polar surface area (TPSA) is 75.3 Å². The van der Waals surface area contributed by atoms with Crippen molar-refractivity contribution in [3.8, 4) is 0 Å². The fraction of sp³-hybridized carbons (Fsp3) is 0.417. The molecule has 2 N–H and O–H groups in total. The van der Waals surface area contributed by atoms with Gasteiger partial charge in [-0.3, -0.25) is 9.52 Å². The first-order valence-electron chi connectivity index (χ1n) is 5.75. The van der Waals surface area contributed by atoms with Gasteiger partial charge in [-0.2, -0.15) is 0 Å². The highest BCUT2D eigenvalue weighted by atomic mass is 32.2. The van der Waals surface area contributed by atoms with E-state index in [1.807, 2.05) is 12.1 Å². The molecule has 0 saturated carbocycles. The first-order chi connectivity index (χ1) is 8.51. The molecule has 0 spiro atoms. The fourth-order valence-corrected chi connectivity index (χ4v) is 2.13. The molecule has 100 valence electrons. The molecule has 0 fully saturated rings. The molecule has 1 aromatic rings. The second-order valence-electron chi connectivity index (χ2n) is 4.10. The molecule has 0 atom stereocenters. The lowest BCUT2D eigenvalue weighted by Gasteiger charge is -2.05. The van der Waals surface area contributed by atoms with Crippen molar-refractivity contribution in [3.63, 3.8) is 0 Å². The Bertz CT molecular complexity index is 469. The summed E-state index contributed by atoms with van der Waals surface area (Å²) in [6.45, 7) is 0.692. The van der Waals surface area contributed by atoms with Crippen LogP contribution in [0.5, 0.6) is 0 Å². The van der Waals surface area contributed by atoms with Crippen LogP contribution in [0.25, 0.3) is 0 Å². The number of nitrogens with one attached hydrogen (secondary N) is 2. The van der Waals surface area contributed by atoms with Crippen molar-refractivity contribution in [1.29, 1.82) is 0 Å². The Labute approximate surface area is 108 Å². The van der Waals surface area contributed by atoms with E-state index in [1.165, 1.54) is 0 Å². The van der Waals surface area contributed by atoms with Gasteiger partial charge in [0.05, 0.1) is 6.26 Å². The molecule has 0 bridgehead atoms. The number of hydrogen-bond acceptors (Lipinski definition) is 3. The lowest BCUT2D eigenvalue weighted by atomic mass is 10.1. The molecule has 5 nitrogen and oxygen atoms in total. The summed E-state index contributed by atoms with van der Waals surface area (Å²) >= 11 is 0. The molecule has 18 heavy (non-hydrogen) atoms. The highest BCUT2D eigenvalue weighted by Crippen LogP contribution is 2.12. The van der Waals surface area contributed by atoms with Crippen LogP contribution in [0.3, 0.4) is 0 Å². The Balaban J connectivity index is 2.38. The van der Waals surface area contributed by atoms with Crippen LogP contribution in [0.1, 0.15) is 18.4 Å². The highest BCUT2D eigenvalue weighted by Gasteiger charge is 2.01. The summed E-state index contributed by atoms with van der Waals surface area (Å²) in [5.74, 6) is 0. The molecule has 1 rings (SSSR count). The largest absolute Gasteiger partial charge is 0.359 e. The van der Waals surface area contributed by atoms with Crippen molar-refractivity contribution in [1.82, 2.24) is 5.32 Å². The lowest BCUT2D eigenvalue weighted by Crippen LogP contribution is -2.12. The van der Waals surface area contributed by atoms with Crippen molar-refractivity contribution in [2.24, 2.45) is 0 Å². The Kier molecular flexibility index (Phi) is 5.64. The van der Waals surface area contributed by atoms with Crippen molar-refractivity contribution < 1.29 is 13.2 Å². The van der Waals surface area contributed by atoms with Gasteiger partial charge in [0.1, 0.15) is 0 Å². The third-order valence-corrected chi connectivity index (χ3v) is 2.98. The van der Waals surface area contributed by atoms with Crippen LogP contribution in [-0.2, 0) is 21.2 Å². The number of aryl methyl sites for hydroxylation is 1. The number of anilines is 1. The average molecular weight is 270 g/mol. The van der Waals surface area contributed by atoms with Crippen LogP contribution in [0.4, 0.5) is 5.69 Å². The van der Waals surface area contributed by atoms with Gasteiger partial charge in [0.25, 0.3) is 0 Å². The first kappa shape index (κ1) is 14.5. The van der Waals surface area contributed by atoms with Crippen LogP contribution in [-0.4, -0.2) is 27.6 Å². The van der Waals surface area contributed by atoms with Crippen molar-refractivity contribution in [3.05, 3.63) is 29.8 Å². The van der Waals surface area contributed by atoms with E-state index in [2.05, 4.69) is 10.0 Å². The standard InChI is InChI=1S/C12H18N2O3S/c1-18(16,17)14-12-7-5-11(6-8-12)4-2-3-9-13-10-15/h5-8,10,14H,2-4,9H2,1H3,(H,13,15). The van der Waals surface area contributed by atoms with E-state index >= 15 is 0 Å². The molecule has 0 heterocycles. The molecule has 0 aliphatic carbocycles. The van der Waals surface area contributed by atoms with Gasteiger partial charge in [-0.15, -0.1) is 0 Å². The van der Waals surface area contributed by atoms with Gasteiger partial charge >= 0.3 is 0 Å². The van der Waals surface area contributed by atoms with Gasteiger partial charge < -0.3 is 5.32 Å². The smallest absolute Gasteiger partial charge is 0.229 e. The summed E-state index contributed by atoms with van der Waals surface area (Å²) < 4.78 is 24.4. The zero-order valence-electron chi connectivity index (χ0n) is 10.3. The van der Waals surface area contributed by atoms with Crippen molar-refractivity contribution in [2.75, 3.05) is 17.5 Å². The first-order valence-corrected chi connectivity index (χ1v) is 7.64. The molecule has 0 saturated heterocycles. The molecule has 0 aliphatic heterocycles. The van der Waals surface area contributed by atoms with E-state index < -0.39 is 10.0 Å². The molecule has 1 aromatic carbocycles. The zero-order valence-corrected chi connectivity index (χ0v) is 11.2. The van der Waals surface area contributed by atoms with E-state index in [4.69, 9.17) is 0 Å². The molecule has 0 aromatic heterocycles. The quantitative estimate of drug-likeness (QED) is 0.549. The Morgan fingerprint density at radius 1 is 1.17 bits per heavy atom. The lowest BCUT2D eigenvalue weighted by molar-refractivity contribution is -0.109.